The van der Waals surface area contributed by atoms with E-state index in [1.54, 1.807) is 0 Å². The summed E-state index contributed by atoms with van der Waals surface area (Å²) in [5.41, 5.74) is 3.56. The van der Waals surface area contributed by atoms with Gasteiger partial charge < -0.3 is 9.64 Å². The van der Waals surface area contributed by atoms with Crippen LogP contribution in [0, 0.1) is 5.92 Å². The molecule has 162 valence electrons. The number of amides is 2. The number of anilines is 1. The minimum Gasteiger partial charge on any atom is -0.494 e. The number of piperidine rings is 1. The van der Waals surface area contributed by atoms with Crippen LogP contribution in [-0.4, -0.2) is 36.4 Å². The Morgan fingerprint density at radius 1 is 0.968 bits per heavy atom. The average Bonchev–Trinajstić information content (AvgIpc) is 3.04. The summed E-state index contributed by atoms with van der Waals surface area (Å²) < 4.78 is 5.55. The number of imide groups is 1. The average molecular weight is 419 g/mol. The summed E-state index contributed by atoms with van der Waals surface area (Å²) >= 11 is 0. The normalized spacial score (nSPS) is 19.4. The Hall–Kier alpha value is -3.08. The van der Waals surface area contributed by atoms with Gasteiger partial charge in [-0.05, 0) is 67.5 Å². The predicted molar refractivity (Wildman–Crippen MR) is 123 cm³/mol. The van der Waals surface area contributed by atoms with E-state index in [2.05, 4.69) is 18.7 Å². The number of hydrogen-bond acceptors (Lipinski definition) is 4. The molecule has 31 heavy (non-hydrogen) atoms. The second kappa shape index (κ2) is 8.96. The van der Waals surface area contributed by atoms with E-state index in [0.717, 1.165) is 43.7 Å². The Morgan fingerprint density at radius 3 is 2.29 bits per heavy atom. The van der Waals surface area contributed by atoms with Gasteiger partial charge in [-0.2, -0.15) is 0 Å². The molecule has 0 bridgehead atoms. The second-order valence-corrected chi connectivity index (χ2v) is 8.34. The first-order valence-electron chi connectivity index (χ1n) is 11.2. The monoisotopic (exact) mass is 418 g/mol. The molecule has 2 amide bonds. The number of ether oxygens (including phenoxy) is 1. The minimum atomic E-state index is -0.258. The standard InChI is InChI=1S/C26H30N2O3/c1-4-19-8-12-21(13-9-19)28-25(29)23(20-10-14-22(15-11-20)31-5-2)24(26(28)30)27-16-6-7-18(3)17-27/h8-15,18H,4-7,16-17H2,1-3H3. The van der Waals surface area contributed by atoms with Crippen molar-refractivity contribution in [1.82, 2.24) is 4.90 Å². The van der Waals surface area contributed by atoms with E-state index in [9.17, 15) is 9.59 Å². The van der Waals surface area contributed by atoms with Gasteiger partial charge in [-0.15, -0.1) is 0 Å². The first-order chi connectivity index (χ1) is 15.0. The number of carbonyl (C=O) groups excluding carboxylic acids is 2. The van der Waals surface area contributed by atoms with Crippen molar-refractivity contribution in [2.24, 2.45) is 5.92 Å². The molecule has 5 heteroatoms. The Bertz CT molecular complexity index is 992. The molecule has 0 spiro atoms. The van der Waals surface area contributed by atoms with Gasteiger partial charge >= 0.3 is 0 Å². The van der Waals surface area contributed by atoms with Crippen molar-refractivity contribution < 1.29 is 14.3 Å². The van der Waals surface area contributed by atoms with Crippen molar-refractivity contribution in [2.75, 3.05) is 24.6 Å². The van der Waals surface area contributed by atoms with E-state index in [0.29, 0.717) is 29.5 Å². The number of nitrogens with zero attached hydrogens (tertiary/aromatic N) is 2. The SMILES string of the molecule is CCOc1ccc(C2=C(N3CCCC(C)C3)C(=O)N(c3ccc(CC)cc3)C2=O)cc1. The Kier molecular flexibility index (Phi) is 6.12. The lowest BCUT2D eigenvalue weighted by Gasteiger charge is -2.33. The van der Waals surface area contributed by atoms with Gasteiger partial charge in [0.15, 0.2) is 0 Å². The zero-order valence-electron chi connectivity index (χ0n) is 18.6. The van der Waals surface area contributed by atoms with E-state index < -0.39 is 0 Å². The third kappa shape index (κ3) is 4.09. The van der Waals surface area contributed by atoms with E-state index in [4.69, 9.17) is 4.74 Å². The maximum Gasteiger partial charge on any atom is 0.282 e. The molecule has 1 atom stereocenters. The summed E-state index contributed by atoms with van der Waals surface area (Å²) in [4.78, 5) is 30.7. The van der Waals surface area contributed by atoms with Crippen LogP contribution in [0.1, 0.15) is 44.7 Å². The van der Waals surface area contributed by atoms with Gasteiger partial charge in [-0.25, -0.2) is 4.90 Å². The first kappa shape index (κ1) is 21.2. The molecular formula is C26H30N2O3. The molecule has 2 aliphatic heterocycles. The van der Waals surface area contributed by atoms with E-state index >= 15 is 0 Å². The quantitative estimate of drug-likeness (QED) is 0.640. The topological polar surface area (TPSA) is 49.9 Å². The van der Waals surface area contributed by atoms with Crippen molar-refractivity contribution in [2.45, 2.75) is 40.0 Å². The number of aryl methyl sites for hydroxylation is 1. The number of likely N-dealkylation sites (tertiary alicyclic amines) is 1. The fourth-order valence-electron chi connectivity index (χ4n) is 4.46. The highest BCUT2D eigenvalue weighted by molar-refractivity contribution is 6.45. The van der Waals surface area contributed by atoms with Crippen LogP contribution in [0.4, 0.5) is 5.69 Å². The summed E-state index contributed by atoms with van der Waals surface area (Å²) in [5.74, 6) is 0.756. The molecule has 1 unspecified atom stereocenters. The third-order valence-electron chi connectivity index (χ3n) is 6.09. The van der Waals surface area contributed by atoms with Crippen molar-refractivity contribution in [3.63, 3.8) is 0 Å². The Morgan fingerprint density at radius 2 is 1.68 bits per heavy atom. The molecule has 5 nitrogen and oxygen atoms in total. The molecule has 0 radical (unpaired) electrons. The van der Waals surface area contributed by atoms with E-state index in [1.165, 1.54) is 10.5 Å². The lowest BCUT2D eigenvalue weighted by Crippen LogP contribution is -2.39. The van der Waals surface area contributed by atoms with Crippen LogP contribution < -0.4 is 9.64 Å². The maximum absolute atomic E-state index is 13.6. The second-order valence-electron chi connectivity index (χ2n) is 8.34. The lowest BCUT2D eigenvalue weighted by molar-refractivity contribution is -0.120. The largest absolute Gasteiger partial charge is 0.494 e. The number of rotatable bonds is 6. The van der Waals surface area contributed by atoms with Crippen LogP contribution in [-0.2, 0) is 16.0 Å². The fourth-order valence-corrected chi connectivity index (χ4v) is 4.46. The molecule has 4 rings (SSSR count). The number of benzene rings is 2. The van der Waals surface area contributed by atoms with Crippen LogP contribution in [0.3, 0.4) is 0 Å². The summed E-state index contributed by atoms with van der Waals surface area (Å²) in [6.45, 7) is 8.39. The minimum absolute atomic E-state index is 0.229. The van der Waals surface area contributed by atoms with Crippen molar-refractivity contribution in [3.8, 4) is 5.75 Å². The maximum atomic E-state index is 13.6. The van der Waals surface area contributed by atoms with Gasteiger partial charge in [-0.1, -0.05) is 38.1 Å². The van der Waals surface area contributed by atoms with Gasteiger partial charge in [0, 0.05) is 13.1 Å². The molecule has 2 aliphatic rings. The molecule has 2 heterocycles. The van der Waals surface area contributed by atoms with Crippen LogP contribution in [0.5, 0.6) is 5.75 Å². The van der Waals surface area contributed by atoms with E-state index in [-0.39, 0.29) is 11.8 Å². The summed E-state index contributed by atoms with van der Waals surface area (Å²) in [6, 6.07) is 15.2. The molecule has 2 aromatic rings. The van der Waals surface area contributed by atoms with Crippen molar-refractivity contribution >= 4 is 23.1 Å². The molecule has 0 aromatic heterocycles. The molecule has 0 N–H and O–H groups in total. The van der Waals surface area contributed by atoms with Gasteiger partial charge in [0.2, 0.25) is 0 Å². The first-order valence-corrected chi connectivity index (χ1v) is 11.2. The Labute approximate surface area is 184 Å². The highest BCUT2D eigenvalue weighted by Gasteiger charge is 2.43. The fraction of sp³-hybridized carbons (Fsp3) is 0.385. The number of carbonyl (C=O) groups is 2. The lowest BCUT2D eigenvalue weighted by atomic mass is 9.97. The predicted octanol–water partition coefficient (Wildman–Crippen LogP) is 4.66. The molecule has 2 aromatic carbocycles. The molecule has 1 fully saturated rings. The summed E-state index contributed by atoms with van der Waals surface area (Å²) in [5, 5.41) is 0. The van der Waals surface area contributed by atoms with Crippen LogP contribution in [0.15, 0.2) is 54.2 Å². The zero-order chi connectivity index (χ0) is 22.0. The Balaban J connectivity index is 1.76. The van der Waals surface area contributed by atoms with Crippen LogP contribution >= 0.6 is 0 Å². The number of hydrogen-bond donors (Lipinski definition) is 0. The van der Waals surface area contributed by atoms with Gasteiger partial charge in [-0.3, -0.25) is 9.59 Å². The van der Waals surface area contributed by atoms with Gasteiger partial charge in [0.25, 0.3) is 11.8 Å². The highest BCUT2D eigenvalue weighted by atomic mass is 16.5. The smallest absolute Gasteiger partial charge is 0.282 e. The summed E-state index contributed by atoms with van der Waals surface area (Å²) in [7, 11) is 0. The van der Waals surface area contributed by atoms with Crippen LogP contribution in [0.2, 0.25) is 0 Å². The van der Waals surface area contributed by atoms with Gasteiger partial charge in [0.1, 0.15) is 11.4 Å². The molecule has 0 saturated carbocycles. The zero-order valence-corrected chi connectivity index (χ0v) is 18.6. The highest BCUT2D eigenvalue weighted by Crippen LogP contribution is 2.37. The third-order valence-corrected chi connectivity index (χ3v) is 6.09. The summed E-state index contributed by atoms with van der Waals surface area (Å²) in [6.07, 6.45) is 3.08. The molecule has 0 aliphatic carbocycles. The molecule has 1 saturated heterocycles. The molecular weight excluding hydrogens is 388 g/mol. The van der Waals surface area contributed by atoms with Crippen molar-refractivity contribution in [3.05, 3.63) is 65.4 Å². The van der Waals surface area contributed by atoms with Gasteiger partial charge in [0.05, 0.1) is 17.9 Å². The van der Waals surface area contributed by atoms with Crippen LogP contribution in [0.25, 0.3) is 5.57 Å². The van der Waals surface area contributed by atoms with Crippen molar-refractivity contribution in [1.29, 1.82) is 0 Å². The van der Waals surface area contributed by atoms with E-state index in [1.807, 2.05) is 55.5 Å².